The van der Waals surface area contributed by atoms with Gasteiger partial charge in [0.15, 0.2) is 0 Å². The number of alkyl halides is 3. The van der Waals surface area contributed by atoms with Crippen molar-refractivity contribution < 1.29 is 18.3 Å². The molecule has 1 saturated carbocycles. The van der Waals surface area contributed by atoms with Crippen LogP contribution in [-0.2, 0) is 5.60 Å². The lowest BCUT2D eigenvalue weighted by molar-refractivity contribution is -0.241. The molecule has 0 amide bonds. The molecule has 0 bridgehead atoms. The Kier molecular flexibility index (Phi) is 3.36. The van der Waals surface area contributed by atoms with Crippen molar-refractivity contribution in [1.29, 1.82) is 0 Å². The van der Waals surface area contributed by atoms with Crippen LogP contribution in [-0.4, -0.2) is 11.3 Å². The second-order valence-corrected chi connectivity index (χ2v) is 5.07. The van der Waals surface area contributed by atoms with Gasteiger partial charge in [0.25, 0.3) is 0 Å². The van der Waals surface area contributed by atoms with Gasteiger partial charge in [0, 0.05) is 11.5 Å². The Morgan fingerprint density at radius 1 is 1.21 bits per heavy atom. The van der Waals surface area contributed by atoms with Crippen molar-refractivity contribution in [2.45, 2.75) is 38.5 Å². The summed E-state index contributed by atoms with van der Waals surface area (Å²) in [5, 5.41) is 10.1. The van der Waals surface area contributed by atoms with Gasteiger partial charge < -0.3 is 5.11 Å². The normalized spacial score (nSPS) is 18.4. The van der Waals surface area contributed by atoms with E-state index in [4.69, 9.17) is 0 Å². The molecule has 1 atom stereocenters. The molecule has 1 N–H and O–H groups in total. The third kappa shape index (κ3) is 2.76. The molecular weight excluding hydrogens is 253 g/mol. The number of halogens is 3. The molecule has 1 aliphatic carbocycles. The van der Waals surface area contributed by atoms with Crippen LogP contribution >= 0.6 is 0 Å². The van der Waals surface area contributed by atoms with Gasteiger partial charge in [-0.2, -0.15) is 13.2 Å². The van der Waals surface area contributed by atoms with Crippen LogP contribution in [0.15, 0.2) is 18.2 Å². The number of benzene rings is 1. The fourth-order valence-electron chi connectivity index (χ4n) is 1.85. The maximum Gasteiger partial charge on any atom is 0.433 e. The van der Waals surface area contributed by atoms with E-state index in [0.717, 1.165) is 12.8 Å². The van der Waals surface area contributed by atoms with E-state index in [9.17, 15) is 18.3 Å². The number of aliphatic hydroxyl groups is 1. The summed E-state index contributed by atoms with van der Waals surface area (Å²) in [6, 6.07) is 4.63. The zero-order valence-corrected chi connectivity index (χ0v) is 10.8. The molecule has 1 aliphatic rings. The molecular formula is C15H15F3O. The maximum atomic E-state index is 13.2. The first-order chi connectivity index (χ1) is 8.74. The van der Waals surface area contributed by atoms with Crippen molar-refractivity contribution in [3.63, 3.8) is 0 Å². The molecule has 4 heteroatoms. The van der Waals surface area contributed by atoms with E-state index in [1.807, 2.05) is 0 Å². The van der Waals surface area contributed by atoms with Crippen molar-refractivity contribution in [3.05, 3.63) is 34.9 Å². The molecule has 0 spiro atoms. The fraction of sp³-hybridized carbons (Fsp3) is 0.467. The van der Waals surface area contributed by atoms with Crippen LogP contribution in [0.2, 0.25) is 0 Å². The minimum Gasteiger partial charge on any atom is -0.366 e. The molecule has 0 radical (unpaired) electrons. The fourth-order valence-corrected chi connectivity index (χ4v) is 1.85. The summed E-state index contributed by atoms with van der Waals surface area (Å²) in [6.07, 6.45) is -3.19. The van der Waals surface area contributed by atoms with Crippen LogP contribution in [0.5, 0.6) is 0 Å². The van der Waals surface area contributed by atoms with E-state index in [0.29, 0.717) is 11.1 Å². The smallest absolute Gasteiger partial charge is 0.366 e. The Labute approximate surface area is 110 Å². The molecule has 102 valence electrons. The lowest BCUT2D eigenvalue weighted by atomic mass is 9.88. The molecule has 0 heterocycles. The van der Waals surface area contributed by atoms with Crippen LogP contribution in [0.25, 0.3) is 0 Å². The predicted octanol–water partition coefficient (Wildman–Crippen LogP) is 3.47. The van der Waals surface area contributed by atoms with Crippen LogP contribution in [0.3, 0.4) is 0 Å². The average molecular weight is 268 g/mol. The SMILES string of the molecule is Cc1ccc(C)c([C@@](O)(C#CC2CC2)C(F)(F)F)c1. The molecule has 0 unspecified atom stereocenters. The van der Waals surface area contributed by atoms with Gasteiger partial charge in [-0.1, -0.05) is 35.6 Å². The summed E-state index contributed by atoms with van der Waals surface area (Å²) >= 11 is 0. The van der Waals surface area contributed by atoms with Crippen LogP contribution in [0, 0.1) is 31.6 Å². The van der Waals surface area contributed by atoms with E-state index in [1.54, 1.807) is 26.0 Å². The topological polar surface area (TPSA) is 20.2 Å². The zero-order valence-electron chi connectivity index (χ0n) is 10.8. The molecule has 0 aromatic heterocycles. The first-order valence-electron chi connectivity index (χ1n) is 6.13. The highest BCUT2D eigenvalue weighted by molar-refractivity contribution is 5.42. The van der Waals surface area contributed by atoms with Crippen molar-refractivity contribution in [1.82, 2.24) is 0 Å². The zero-order chi connectivity index (χ0) is 14.3. The highest BCUT2D eigenvalue weighted by atomic mass is 19.4. The van der Waals surface area contributed by atoms with E-state index >= 15 is 0 Å². The Balaban J connectivity index is 2.54. The first-order valence-corrected chi connectivity index (χ1v) is 6.13. The Bertz CT molecular complexity index is 547. The summed E-state index contributed by atoms with van der Waals surface area (Å²) in [5.41, 5.74) is -2.20. The van der Waals surface area contributed by atoms with Crippen LogP contribution < -0.4 is 0 Å². The Morgan fingerprint density at radius 3 is 2.37 bits per heavy atom. The Hall–Kier alpha value is -1.47. The van der Waals surface area contributed by atoms with E-state index in [-0.39, 0.29) is 11.5 Å². The van der Waals surface area contributed by atoms with Gasteiger partial charge in [-0.25, -0.2) is 0 Å². The molecule has 1 aromatic carbocycles. The van der Waals surface area contributed by atoms with Crippen molar-refractivity contribution in [2.75, 3.05) is 0 Å². The van der Waals surface area contributed by atoms with Crippen molar-refractivity contribution in [3.8, 4) is 11.8 Å². The highest BCUT2D eigenvalue weighted by Crippen LogP contribution is 2.41. The molecule has 1 aromatic rings. The van der Waals surface area contributed by atoms with Gasteiger partial charge in [0.2, 0.25) is 5.60 Å². The third-order valence-electron chi connectivity index (χ3n) is 3.23. The minimum absolute atomic E-state index is 0.000935. The lowest BCUT2D eigenvalue weighted by Gasteiger charge is -2.27. The summed E-state index contributed by atoms with van der Waals surface area (Å²) in [6.45, 7) is 3.23. The number of rotatable bonds is 1. The second-order valence-electron chi connectivity index (χ2n) is 5.07. The largest absolute Gasteiger partial charge is 0.433 e. The predicted molar refractivity (Wildman–Crippen MR) is 66.4 cm³/mol. The Morgan fingerprint density at radius 2 is 1.84 bits per heavy atom. The molecule has 2 rings (SSSR count). The van der Waals surface area contributed by atoms with Gasteiger partial charge >= 0.3 is 6.18 Å². The monoisotopic (exact) mass is 268 g/mol. The summed E-state index contributed by atoms with van der Waals surface area (Å²) in [7, 11) is 0. The van der Waals surface area contributed by atoms with Gasteiger partial charge in [0.1, 0.15) is 0 Å². The summed E-state index contributed by atoms with van der Waals surface area (Å²) < 4.78 is 39.7. The van der Waals surface area contributed by atoms with Gasteiger partial charge in [-0.15, -0.1) is 0 Å². The van der Waals surface area contributed by atoms with Crippen LogP contribution in [0.4, 0.5) is 13.2 Å². The highest BCUT2D eigenvalue weighted by Gasteiger charge is 2.55. The van der Waals surface area contributed by atoms with E-state index < -0.39 is 11.8 Å². The first kappa shape index (κ1) is 14.0. The minimum atomic E-state index is -4.81. The summed E-state index contributed by atoms with van der Waals surface area (Å²) in [4.78, 5) is 0. The van der Waals surface area contributed by atoms with Gasteiger partial charge in [0.05, 0.1) is 0 Å². The number of hydrogen-bond acceptors (Lipinski definition) is 1. The number of aryl methyl sites for hydroxylation is 2. The number of hydrogen-bond donors (Lipinski definition) is 1. The van der Waals surface area contributed by atoms with Gasteiger partial charge in [-0.3, -0.25) is 0 Å². The maximum absolute atomic E-state index is 13.2. The molecule has 0 aliphatic heterocycles. The third-order valence-corrected chi connectivity index (χ3v) is 3.23. The van der Waals surface area contributed by atoms with E-state index in [2.05, 4.69) is 11.8 Å². The van der Waals surface area contributed by atoms with Crippen molar-refractivity contribution in [2.24, 2.45) is 5.92 Å². The average Bonchev–Trinajstić information content (AvgIpc) is 3.11. The molecule has 19 heavy (non-hydrogen) atoms. The van der Waals surface area contributed by atoms with Crippen LogP contribution in [0.1, 0.15) is 29.5 Å². The standard InChI is InChI=1S/C15H15F3O/c1-10-3-4-11(2)13(9-10)14(19,15(16,17)18)8-7-12-5-6-12/h3-4,9,12,19H,5-6H2,1-2H3/t14-/m0/s1. The second kappa shape index (κ2) is 4.57. The van der Waals surface area contributed by atoms with E-state index in [1.165, 1.54) is 6.07 Å². The van der Waals surface area contributed by atoms with Crippen molar-refractivity contribution >= 4 is 0 Å². The molecule has 1 fully saturated rings. The molecule has 1 nitrogen and oxygen atoms in total. The molecule has 0 saturated heterocycles. The quantitative estimate of drug-likeness (QED) is 0.773. The summed E-state index contributed by atoms with van der Waals surface area (Å²) in [5.74, 6) is 4.59. The lowest BCUT2D eigenvalue weighted by Crippen LogP contribution is -2.41. The van der Waals surface area contributed by atoms with Gasteiger partial charge in [-0.05, 0) is 32.3 Å².